The number of rotatable bonds is 6. The fourth-order valence-corrected chi connectivity index (χ4v) is 1.84. The largest absolute Gasteiger partial charge is 0.494 e. The Bertz CT molecular complexity index is 321. The smallest absolute Gasteiger partial charge is 0.119 e. The average Bonchev–Trinajstić information content (AvgIpc) is 2.26. The standard InChI is InChI=1S/C14H21ClO/c1-4-12-10-13(7-8-14(12)15)16-9-5-6-11(2)3/h7-8,10-11H,4-6,9H2,1-3H3. The van der Waals surface area contributed by atoms with Gasteiger partial charge in [0.15, 0.2) is 0 Å². The third-order valence-electron chi connectivity index (χ3n) is 2.59. The quantitative estimate of drug-likeness (QED) is 0.654. The molecule has 2 heteroatoms. The Morgan fingerprint density at radius 2 is 2.06 bits per heavy atom. The summed E-state index contributed by atoms with van der Waals surface area (Å²) >= 11 is 6.04. The third-order valence-corrected chi connectivity index (χ3v) is 2.96. The van der Waals surface area contributed by atoms with Crippen molar-refractivity contribution in [2.45, 2.75) is 40.0 Å². The van der Waals surface area contributed by atoms with E-state index in [0.29, 0.717) is 0 Å². The molecule has 0 unspecified atom stereocenters. The van der Waals surface area contributed by atoms with Gasteiger partial charge >= 0.3 is 0 Å². The van der Waals surface area contributed by atoms with Gasteiger partial charge in [0.05, 0.1) is 6.61 Å². The summed E-state index contributed by atoms with van der Waals surface area (Å²) in [5, 5.41) is 0.831. The van der Waals surface area contributed by atoms with Gasteiger partial charge in [-0.3, -0.25) is 0 Å². The fraction of sp³-hybridized carbons (Fsp3) is 0.571. The van der Waals surface area contributed by atoms with Gasteiger partial charge in [0.25, 0.3) is 0 Å². The molecule has 0 heterocycles. The van der Waals surface area contributed by atoms with E-state index in [2.05, 4.69) is 20.8 Å². The minimum atomic E-state index is 0.750. The first-order chi connectivity index (χ1) is 7.63. The molecule has 1 aromatic carbocycles. The highest BCUT2D eigenvalue weighted by Crippen LogP contribution is 2.22. The van der Waals surface area contributed by atoms with E-state index in [0.717, 1.165) is 41.7 Å². The van der Waals surface area contributed by atoms with Crippen LogP contribution in [0.1, 0.15) is 39.2 Å². The molecular weight excluding hydrogens is 220 g/mol. The molecule has 0 atom stereocenters. The maximum Gasteiger partial charge on any atom is 0.119 e. The van der Waals surface area contributed by atoms with E-state index in [1.165, 1.54) is 6.42 Å². The maximum atomic E-state index is 6.04. The van der Waals surface area contributed by atoms with Crippen LogP contribution in [0.5, 0.6) is 5.75 Å². The van der Waals surface area contributed by atoms with Crippen LogP contribution in [0.3, 0.4) is 0 Å². The van der Waals surface area contributed by atoms with Crippen LogP contribution in [-0.4, -0.2) is 6.61 Å². The first kappa shape index (κ1) is 13.4. The van der Waals surface area contributed by atoms with Crippen molar-refractivity contribution in [3.8, 4) is 5.75 Å². The van der Waals surface area contributed by atoms with E-state index in [9.17, 15) is 0 Å². The Hall–Kier alpha value is -0.690. The monoisotopic (exact) mass is 240 g/mol. The molecule has 0 spiro atoms. The predicted molar refractivity (Wildman–Crippen MR) is 70.4 cm³/mol. The lowest BCUT2D eigenvalue weighted by Crippen LogP contribution is -2.00. The second kappa shape index (κ2) is 6.80. The first-order valence-electron chi connectivity index (χ1n) is 6.04. The van der Waals surface area contributed by atoms with Crippen molar-refractivity contribution in [1.82, 2.24) is 0 Å². The van der Waals surface area contributed by atoms with Gasteiger partial charge < -0.3 is 4.74 Å². The van der Waals surface area contributed by atoms with Crippen LogP contribution in [-0.2, 0) is 6.42 Å². The van der Waals surface area contributed by atoms with Crippen LogP contribution in [0.4, 0.5) is 0 Å². The summed E-state index contributed by atoms with van der Waals surface area (Å²) < 4.78 is 5.70. The molecule has 0 radical (unpaired) electrons. The molecular formula is C14H21ClO. The Morgan fingerprint density at radius 3 is 2.69 bits per heavy atom. The summed E-state index contributed by atoms with van der Waals surface area (Å²) in [6, 6.07) is 5.90. The van der Waals surface area contributed by atoms with Crippen LogP contribution < -0.4 is 4.74 Å². The molecule has 0 saturated heterocycles. The summed E-state index contributed by atoms with van der Waals surface area (Å²) in [7, 11) is 0. The molecule has 0 aliphatic heterocycles. The molecule has 0 N–H and O–H groups in total. The SMILES string of the molecule is CCc1cc(OCCCC(C)C)ccc1Cl. The summed E-state index contributed by atoms with van der Waals surface area (Å²) in [4.78, 5) is 0. The van der Waals surface area contributed by atoms with Crippen LogP contribution in [0.25, 0.3) is 0 Å². The second-order valence-corrected chi connectivity index (χ2v) is 4.90. The second-order valence-electron chi connectivity index (χ2n) is 4.49. The van der Waals surface area contributed by atoms with Crippen LogP contribution in [0.15, 0.2) is 18.2 Å². The highest BCUT2D eigenvalue weighted by molar-refractivity contribution is 6.31. The number of hydrogen-bond acceptors (Lipinski definition) is 1. The lowest BCUT2D eigenvalue weighted by molar-refractivity contribution is 0.297. The van der Waals surface area contributed by atoms with Gasteiger partial charge in [-0.2, -0.15) is 0 Å². The normalized spacial score (nSPS) is 10.8. The molecule has 1 aromatic rings. The number of ether oxygens (including phenoxy) is 1. The highest BCUT2D eigenvalue weighted by Gasteiger charge is 2.01. The van der Waals surface area contributed by atoms with E-state index < -0.39 is 0 Å². The minimum Gasteiger partial charge on any atom is -0.494 e. The number of benzene rings is 1. The Kier molecular flexibility index (Phi) is 5.68. The lowest BCUT2D eigenvalue weighted by Gasteiger charge is -2.09. The number of hydrogen-bond donors (Lipinski definition) is 0. The van der Waals surface area contributed by atoms with Gasteiger partial charge in [0.1, 0.15) is 5.75 Å². The van der Waals surface area contributed by atoms with Crippen molar-refractivity contribution in [3.05, 3.63) is 28.8 Å². The van der Waals surface area contributed by atoms with Gasteiger partial charge in [-0.1, -0.05) is 32.4 Å². The summed E-state index contributed by atoms with van der Waals surface area (Å²) in [6.07, 6.45) is 3.28. The molecule has 0 aliphatic rings. The van der Waals surface area contributed by atoms with Crippen LogP contribution in [0, 0.1) is 5.92 Å². The van der Waals surface area contributed by atoms with Crippen molar-refractivity contribution < 1.29 is 4.74 Å². The van der Waals surface area contributed by atoms with Crippen molar-refractivity contribution in [3.63, 3.8) is 0 Å². The zero-order valence-corrected chi connectivity index (χ0v) is 11.2. The highest BCUT2D eigenvalue weighted by atomic mass is 35.5. The molecule has 90 valence electrons. The predicted octanol–water partition coefficient (Wildman–Crippen LogP) is 4.72. The number of aryl methyl sites for hydroxylation is 1. The molecule has 0 aliphatic carbocycles. The third kappa shape index (κ3) is 4.44. The van der Waals surface area contributed by atoms with E-state index in [4.69, 9.17) is 16.3 Å². The number of halogens is 1. The molecule has 0 fully saturated rings. The zero-order valence-electron chi connectivity index (χ0n) is 10.4. The Balaban J connectivity index is 2.42. The molecule has 0 aromatic heterocycles. The van der Waals surface area contributed by atoms with Crippen molar-refractivity contribution in [1.29, 1.82) is 0 Å². The van der Waals surface area contributed by atoms with Crippen LogP contribution in [0.2, 0.25) is 5.02 Å². The molecule has 16 heavy (non-hydrogen) atoms. The van der Waals surface area contributed by atoms with Gasteiger partial charge in [-0.05, 0) is 48.9 Å². The maximum absolute atomic E-state index is 6.04. The van der Waals surface area contributed by atoms with E-state index in [-0.39, 0.29) is 0 Å². The molecule has 0 amide bonds. The molecule has 1 nitrogen and oxygen atoms in total. The Labute approximate surface area is 104 Å². The molecule has 0 saturated carbocycles. The summed E-state index contributed by atoms with van der Waals surface area (Å²) in [5.74, 6) is 1.69. The van der Waals surface area contributed by atoms with Gasteiger partial charge in [0, 0.05) is 5.02 Å². The summed E-state index contributed by atoms with van der Waals surface area (Å²) in [5.41, 5.74) is 1.16. The van der Waals surface area contributed by atoms with Gasteiger partial charge in [0.2, 0.25) is 0 Å². The van der Waals surface area contributed by atoms with E-state index >= 15 is 0 Å². The van der Waals surface area contributed by atoms with Gasteiger partial charge in [-0.15, -0.1) is 0 Å². The van der Waals surface area contributed by atoms with Crippen LogP contribution >= 0.6 is 11.6 Å². The molecule has 0 bridgehead atoms. The minimum absolute atomic E-state index is 0.750. The van der Waals surface area contributed by atoms with Crippen molar-refractivity contribution in [2.75, 3.05) is 6.61 Å². The topological polar surface area (TPSA) is 9.23 Å². The fourth-order valence-electron chi connectivity index (χ4n) is 1.59. The van der Waals surface area contributed by atoms with Crippen molar-refractivity contribution in [2.24, 2.45) is 5.92 Å². The summed E-state index contributed by atoms with van der Waals surface area (Å²) in [6.45, 7) is 7.36. The first-order valence-corrected chi connectivity index (χ1v) is 6.42. The average molecular weight is 241 g/mol. The van der Waals surface area contributed by atoms with Crippen molar-refractivity contribution >= 4 is 11.6 Å². The molecule has 1 rings (SSSR count). The van der Waals surface area contributed by atoms with E-state index in [1.54, 1.807) is 0 Å². The van der Waals surface area contributed by atoms with Gasteiger partial charge in [-0.25, -0.2) is 0 Å². The van der Waals surface area contributed by atoms with E-state index in [1.807, 2.05) is 18.2 Å². The lowest BCUT2D eigenvalue weighted by atomic mass is 10.1. The Morgan fingerprint density at radius 1 is 1.31 bits per heavy atom. The zero-order chi connectivity index (χ0) is 12.0.